The highest BCUT2D eigenvalue weighted by atomic mass is 79.9. The van der Waals surface area contributed by atoms with Crippen LogP contribution in [-0.4, -0.2) is 30.6 Å². The van der Waals surface area contributed by atoms with Gasteiger partial charge in [0.25, 0.3) is 0 Å². The number of aliphatic hydroxyl groups is 1. The molecule has 0 heterocycles. The van der Waals surface area contributed by atoms with Crippen molar-refractivity contribution in [1.82, 2.24) is 0 Å². The number of hydrogen-bond donors (Lipinski definition) is 3. The van der Waals surface area contributed by atoms with Crippen LogP contribution in [0.15, 0.2) is 22.7 Å². The molecule has 1 unspecified atom stereocenters. The van der Waals surface area contributed by atoms with E-state index in [4.69, 9.17) is 11.1 Å². The second-order valence-corrected chi connectivity index (χ2v) is 5.05. The van der Waals surface area contributed by atoms with E-state index in [-0.39, 0.29) is 11.9 Å². The molecule has 0 aromatic heterocycles. The highest BCUT2D eigenvalue weighted by molar-refractivity contribution is 9.10. The number of halogens is 1. The van der Waals surface area contributed by atoms with Crippen LogP contribution in [0, 0.1) is 5.41 Å². The standard InChI is InChI=1S/C12H18BrN3O/c1-8(17)5-6-16(2)11-4-3-9(13)7-10(11)12(14)15/h3-4,7-8,17H,5-6H2,1-2H3,(H3,14,15). The third-order valence-electron chi connectivity index (χ3n) is 2.54. The second kappa shape index (κ2) is 6.02. The van der Waals surface area contributed by atoms with E-state index >= 15 is 0 Å². The number of nitrogens with two attached hydrogens (primary N) is 1. The molecule has 0 saturated heterocycles. The van der Waals surface area contributed by atoms with Crippen molar-refractivity contribution in [2.45, 2.75) is 19.4 Å². The molecule has 0 spiro atoms. The molecule has 1 aromatic rings. The molecule has 0 aliphatic heterocycles. The van der Waals surface area contributed by atoms with Crippen molar-refractivity contribution >= 4 is 27.5 Å². The first-order chi connectivity index (χ1) is 7.91. The third-order valence-corrected chi connectivity index (χ3v) is 3.04. The largest absolute Gasteiger partial charge is 0.393 e. The predicted molar refractivity (Wildman–Crippen MR) is 74.7 cm³/mol. The third kappa shape index (κ3) is 4.02. The molecule has 0 fully saturated rings. The summed E-state index contributed by atoms with van der Waals surface area (Å²) in [6, 6.07) is 5.67. The number of nitrogen functional groups attached to an aromatic ring is 1. The van der Waals surface area contributed by atoms with Gasteiger partial charge >= 0.3 is 0 Å². The minimum atomic E-state index is -0.325. The summed E-state index contributed by atoms with van der Waals surface area (Å²) in [6.45, 7) is 2.49. The lowest BCUT2D eigenvalue weighted by Crippen LogP contribution is -2.25. The number of nitrogens with zero attached hydrogens (tertiary/aromatic N) is 1. The van der Waals surface area contributed by atoms with Crippen LogP contribution in [0.5, 0.6) is 0 Å². The molecule has 5 heteroatoms. The topological polar surface area (TPSA) is 73.3 Å². The van der Waals surface area contributed by atoms with Gasteiger partial charge in [0.05, 0.1) is 6.10 Å². The van der Waals surface area contributed by atoms with Gasteiger partial charge in [-0.1, -0.05) is 15.9 Å². The van der Waals surface area contributed by atoms with E-state index in [0.717, 1.165) is 16.7 Å². The number of amidine groups is 1. The lowest BCUT2D eigenvalue weighted by Gasteiger charge is -2.23. The van der Waals surface area contributed by atoms with E-state index in [1.807, 2.05) is 30.1 Å². The smallest absolute Gasteiger partial charge is 0.124 e. The molecule has 0 amide bonds. The van der Waals surface area contributed by atoms with Crippen LogP contribution >= 0.6 is 15.9 Å². The zero-order chi connectivity index (χ0) is 13.0. The minimum Gasteiger partial charge on any atom is -0.393 e. The Morgan fingerprint density at radius 3 is 2.76 bits per heavy atom. The van der Waals surface area contributed by atoms with Gasteiger partial charge < -0.3 is 15.7 Å². The summed E-state index contributed by atoms with van der Waals surface area (Å²) in [5.41, 5.74) is 7.17. The molecule has 0 saturated carbocycles. The van der Waals surface area contributed by atoms with Crippen molar-refractivity contribution in [2.75, 3.05) is 18.5 Å². The number of anilines is 1. The average Bonchev–Trinajstić information content (AvgIpc) is 2.25. The van der Waals surface area contributed by atoms with Crippen LogP contribution in [-0.2, 0) is 0 Å². The van der Waals surface area contributed by atoms with Crippen molar-refractivity contribution < 1.29 is 5.11 Å². The summed E-state index contributed by atoms with van der Waals surface area (Å²) in [7, 11) is 1.93. The van der Waals surface area contributed by atoms with E-state index in [2.05, 4.69) is 15.9 Å². The van der Waals surface area contributed by atoms with Crippen molar-refractivity contribution in [3.05, 3.63) is 28.2 Å². The predicted octanol–water partition coefficient (Wildman–Crippen LogP) is 1.94. The highest BCUT2D eigenvalue weighted by Crippen LogP contribution is 2.23. The van der Waals surface area contributed by atoms with E-state index in [1.54, 1.807) is 6.92 Å². The second-order valence-electron chi connectivity index (χ2n) is 4.13. The summed E-state index contributed by atoms with van der Waals surface area (Å²) < 4.78 is 0.898. The minimum absolute atomic E-state index is 0.0465. The van der Waals surface area contributed by atoms with Crippen LogP contribution in [0.25, 0.3) is 0 Å². The fourth-order valence-corrected chi connectivity index (χ4v) is 1.92. The SMILES string of the molecule is CC(O)CCN(C)c1ccc(Br)cc1C(=N)N. The van der Waals surface area contributed by atoms with Gasteiger partial charge in [0, 0.05) is 29.3 Å². The molecule has 0 aliphatic rings. The van der Waals surface area contributed by atoms with Crippen LogP contribution in [0.1, 0.15) is 18.9 Å². The van der Waals surface area contributed by atoms with Gasteiger partial charge in [0.2, 0.25) is 0 Å². The van der Waals surface area contributed by atoms with Gasteiger partial charge in [-0.2, -0.15) is 0 Å². The summed E-state index contributed by atoms with van der Waals surface area (Å²) in [6.07, 6.45) is 0.359. The van der Waals surface area contributed by atoms with Gasteiger partial charge in [-0.15, -0.1) is 0 Å². The first-order valence-electron chi connectivity index (χ1n) is 5.45. The van der Waals surface area contributed by atoms with E-state index in [0.29, 0.717) is 12.0 Å². The summed E-state index contributed by atoms with van der Waals surface area (Å²) in [5.74, 6) is 0.0465. The Labute approximate surface area is 110 Å². The lowest BCUT2D eigenvalue weighted by molar-refractivity contribution is 0.187. The van der Waals surface area contributed by atoms with Gasteiger partial charge in [0.15, 0.2) is 0 Å². The van der Waals surface area contributed by atoms with Crippen molar-refractivity contribution in [3.8, 4) is 0 Å². The van der Waals surface area contributed by atoms with E-state index in [1.165, 1.54) is 0 Å². The molecule has 1 atom stereocenters. The molecular weight excluding hydrogens is 282 g/mol. The Morgan fingerprint density at radius 1 is 1.59 bits per heavy atom. The van der Waals surface area contributed by atoms with Gasteiger partial charge in [-0.25, -0.2) is 0 Å². The van der Waals surface area contributed by atoms with Gasteiger partial charge in [-0.3, -0.25) is 5.41 Å². The number of hydrogen-bond acceptors (Lipinski definition) is 3. The van der Waals surface area contributed by atoms with E-state index in [9.17, 15) is 5.11 Å². The molecule has 0 radical (unpaired) electrons. The van der Waals surface area contributed by atoms with Crippen LogP contribution in [0.3, 0.4) is 0 Å². The van der Waals surface area contributed by atoms with Crippen molar-refractivity contribution in [2.24, 2.45) is 5.73 Å². The molecule has 4 N–H and O–H groups in total. The van der Waals surface area contributed by atoms with Crippen LogP contribution in [0.2, 0.25) is 0 Å². The Kier molecular flexibility index (Phi) is 4.96. The average molecular weight is 300 g/mol. The molecule has 17 heavy (non-hydrogen) atoms. The van der Waals surface area contributed by atoms with E-state index < -0.39 is 0 Å². The quantitative estimate of drug-likeness (QED) is 0.575. The Balaban J connectivity index is 2.92. The van der Waals surface area contributed by atoms with Crippen LogP contribution < -0.4 is 10.6 Å². The maximum absolute atomic E-state index is 9.27. The molecule has 1 aromatic carbocycles. The maximum atomic E-state index is 9.27. The fourth-order valence-electron chi connectivity index (χ4n) is 1.56. The first-order valence-corrected chi connectivity index (χ1v) is 6.24. The molecule has 4 nitrogen and oxygen atoms in total. The Hall–Kier alpha value is -1.07. The van der Waals surface area contributed by atoms with Crippen molar-refractivity contribution in [3.63, 3.8) is 0 Å². The number of nitrogens with one attached hydrogen (secondary N) is 1. The first kappa shape index (κ1) is 14.0. The summed E-state index contributed by atoms with van der Waals surface area (Å²) in [5, 5.41) is 16.8. The molecule has 0 bridgehead atoms. The molecular formula is C12H18BrN3O. The zero-order valence-electron chi connectivity index (χ0n) is 10.1. The zero-order valence-corrected chi connectivity index (χ0v) is 11.7. The van der Waals surface area contributed by atoms with Gasteiger partial charge in [-0.05, 0) is 31.5 Å². The van der Waals surface area contributed by atoms with Gasteiger partial charge in [0.1, 0.15) is 5.84 Å². The lowest BCUT2D eigenvalue weighted by atomic mass is 10.1. The Morgan fingerprint density at radius 2 is 2.24 bits per heavy atom. The normalized spacial score (nSPS) is 12.2. The molecule has 0 aliphatic carbocycles. The van der Waals surface area contributed by atoms with Crippen molar-refractivity contribution in [1.29, 1.82) is 5.41 Å². The summed E-state index contributed by atoms with van der Waals surface area (Å²) >= 11 is 3.37. The maximum Gasteiger partial charge on any atom is 0.124 e. The molecule has 94 valence electrons. The van der Waals surface area contributed by atoms with Crippen LogP contribution in [0.4, 0.5) is 5.69 Å². The monoisotopic (exact) mass is 299 g/mol. The molecule has 1 rings (SSSR count). The number of benzene rings is 1. The number of aliphatic hydroxyl groups excluding tert-OH is 1. The Bertz CT molecular complexity index is 407. The fraction of sp³-hybridized carbons (Fsp3) is 0.417. The highest BCUT2D eigenvalue weighted by Gasteiger charge is 2.10. The number of rotatable bonds is 5. The summed E-state index contributed by atoms with van der Waals surface area (Å²) in [4.78, 5) is 2.00.